The van der Waals surface area contributed by atoms with Crippen LogP contribution in [0.15, 0.2) is 42.5 Å². The number of ether oxygens (including phenoxy) is 1. The minimum atomic E-state index is -0.183. The first-order valence-electron chi connectivity index (χ1n) is 8.08. The molecule has 0 saturated carbocycles. The monoisotopic (exact) mass is 311 g/mol. The van der Waals surface area contributed by atoms with Crippen molar-refractivity contribution in [2.75, 3.05) is 7.11 Å². The number of aromatic nitrogens is 1. The summed E-state index contributed by atoms with van der Waals surface area (Å²) in [4.78, 5) is 3.51. The molecule has 1 aromatic heterocycles. The summed E-state index contributed by atoms with van der Waals surface area (Å²) in [7, 11) is 1.67. The first-order valence-corrected chi connectivity index (χ1v) is 8.08. The lowest BCUT2D eigenvalue weighted by Gasteiger charge is -2.14. The average molecular weight is 311 g/mol. The van der Waals surface area contributed by atoms with Gasteiger partial charge in [-0.3, -0.25) is 0 Å². The van der Waals surface area contributed by atoms with Crippen LogP contribution < -0.4 is 4.74 Å². The third-order valence-corrected chi connectivity index (χ3v) is 4.45. The van der Waals surface area contributed by atoms with Crippen molar-refractivity contribution in [2.24, 2.45) is 0 Å². The van der Waals surface area contributed by atoms with E-state index in [1.165, 1.54) is 22.9 Å². The van der Waals surface area contributed by atoms with Gasteiger partial charge in [-0.1, -0.05) is 32.4 Å². The number of aryl methyl sites for hydroxylation is 1. The van der Waals surface area contributed by atoms with Crippen LogP contribution in [0.3, 0.4) is 0 Å². The fourth-order valence-corrected chi connectivity index (χ4v) is 3.19. The van der Waals surface area contributed by atoms with Crippen molar-refractivity contribution in [2.45, 2.75) is 32.6 Å². The van der Waals surface area contributed by atoms with E-state index in [1.54, 1.807) is 13.2 Å². The maximum atomic E-state index is 13.6. The minimum absolute atomic E-state index is 0.183. The third-order valence-electron chi connectivity index (χ3n) is 4.45. The number of H-pyrrole nitrogens is 1. The van der Waals surface area contributed by atoms with Crippen LogP contribution in [0.2, 0.25) is 0 Å². The molecule has 3 heteroatoms. The number of hydrogen-bond acceptors (Lipinski definition) is 1. The van der Waals surface area contributed by atoms with Gasteiger partial charge < -0.3 is 9.72 Å². The van der Waals surface area contributed by atoms with E-state index in [-0.39, 0.29) is 11.7 Å². The summed E-state index contributed by atoms with van der Waals surface area (Å²) in [6.45, 7) is 4.34. The molecule has 2 nitrogen and oxygen atoms in total. The topological polar surface area (TPSA) is 25.0 Å². The number of methoxy groups -OCH3 is 1. The second-order valence-corrected chi connectivity index (χ2v) is 5.95. The molecular weight excluding hydrogens is 289 g/mol. The molecule has 0 bridgehead atoms. The van der Waals surface area contributed by atoms with Gasteiger partial charge in [0.1, 0.15) is 11.6 Å². The van der Waals surface area contributed by atoms with Crippen LogP contribution in [-0.2, 0) is 6.42 Å². The highest BCUT2D eigenvalue weighted by molar-refractivity contribution is 5.85. The Hall–Kier alpha value is -2.29. The first-order chi connectivity index (χ1) is 11.1. The van der Waals surface area contributed by atoms with Gasteiger partial charge >= 0.3 is 0 Å². The Bertz CT molecular complexity index is 804. The van der Waals surface area contributed by atoms with E-state index in [0.29, 0.717) is 0 Å². The van der Waals surface area contributed by atoms with Crippen LogP contribution in [0.25, 0.3) is 10.9 Å². The third kappa shape index (κ3) is 2.96. The van der Waals surface area contributed by atoms with E-state index in [0.717, 1.165) is 29.5 Å². The second-order valence-electron chi connectivity index (χ2n) is 5.95. The molecule has 0 fully saturated rings. The van der Waals surface area contributed by atoms with Crippen LogP contribution in [-0.4, -0.2) is 12.1 Å². The van der Waals surface area contributed by atoms with Crippen molar-refractivity contribution in [3.05, 3.63) is 65.1 Å². The maximum absolute atomic E-state index is 13.6. The summed E-state index contributed by atoms with van der Waals surface area (Å²) in [6, 6.07) is 13.1. The average Bonchev–Trinajstić information content (AvgIpc) is 2.93. The van der Waals surface area contributed by atoms with Crippen LogP contribution in [0, 0.1) is 5.82 Å². The number of aromatic amines is 1. The molecule has 0 aliphatic heterocycles. The van der Waals surface area contributed by atoms with Crippen molar-refractivity contribution in [1.29, 1.82) is 0 Å². The van der Waals surface area contributed by atoms with Gasteiger partial charge in [0.15, 0.2) is 0 Å². The zero-order valence-corrected chi connectivity index (χ0v) is 13.8. The van der Waals surface area contributed by atoms with Crippen molar-refractivity contribution in [3.63, 3.8) is 0 Å². The van der Waals surface area contributed by atoms with Crippen LogP contribution in [0.5, 0.6) is 5.75 Å². The molecule has 23 heavy (non-hydrogen) atoms. The molecule has 120 valence electrons. The maximum Gasteiger partial charge on any atom is 0.123 e. The van der Waals surface area contributed by atoms with Crippen molar-refractivity contribution in [1.82, 2.24) is 4.98 Å². The molecule has 0 spiro atoms. The highest BCUT2D eigenvalue weighted by Gasteiger charge is 2.18. The molecule has 0 saturated heterocycles. The molecular formula is C20H22FNO. The largest absolute Gasteiger partial charge is 0.497 e. The zero-order valence-electron chi connectivity index (χ0n) is 13.8. The predicted molar refractivity (Wildman–Crippen MR) is 92.8 cm³/mol. The highest BCUT2D eigenvalue weighted by Crippen LogP contribution is 2.33. The number of halogens is 1. The van der Waals surface area contributed by atoms with Crippen molar-refractivity contribution >= 4 is 10.9 Å². The van der Waals surface area contributed by atoms with Crippen LogP contribution in [0.4, 0.5) is 4.39 Å². The molecule has 2 aromatic carbocycles. The molecule has 1 unspecified atom stereocenters. The van der Waals surface area contributed by atoms with Gasteiger partial charge in [0.2, 0.25) is 0 Å². The smallest absolute Gasteiger partial charge is 0.123 e. The molecule has 0 amide bonds. The molecule has 0 aliphatic rings. The van der Waals surface area contributed by atoms with E-state index in [1.807, 2.05) is 18.2 Å². The minimum Gasteiger partial charge on any atom is -0.497 e. The van der Waals surface area contributed by atoms with Crippen LogP contribution in [0.1, 0.15) is 43.0 Å². The Balaban J connectivity index is 2.07. The number of benzene rings is 2. The number of hydrogen-bond donors (Lipinski definition) is 1. The lowest BCUT2D eigenvalue weighted by Crippen LogP contribution is -2.00. The van der Waals surface area contributed by atoms with Crippen molar-refractivity contribution < 1.29 is 9.13 Å². The lowest BCUT2D eigenvalue weighted by atomic mass is 9.93. The second kappa shape index (κ2) is 6.45. The van der Waals surface area contributed by atoms with E-state index < -0.39 is 0 Å². The molecule has 0 aliphatic carbocycles. The Morgan fingerprint density at radius 1 is 1.13 bits per heavy atom. The lowest BCUT2D eigenvalue weighted by molar-refractivity contribution is 0.414. The van der Waals surface area contributed by atoms with E-state index in [9.17, 15) is 4.39 Å². The van der Waals surface area contributed by atoms with Gasteiger partial charge in [-0.2, -0.15) is 0 Å². The fraction of sp³-hybridized carbons (Fsp3) is 0.300. The molecule has 1 N–H and O–H groups in total. The Kier molecular flexibility index (Phi) is 4.37. The summed E-state index contributed by atoms with van der Waals surface area (Å²) in [5.41, 5.74) is 4.63. The predicted octanol–water partition coefficient (Wildman–Crippen LogP) is 5.42. The molecule has 3 aromatic rings. The summed E-state index contributed by atoms with van der Waals surface area (Å²) in [5.74, 6) is 0.892. The first kappa shape index (κ1) is 15.6. The van der Waals surface area contributed by atoms with E-state index >= 15 is 0 Å². The van der Waals surface area contributed by atoms with Gasteiger partial charge in [-0.05, 0) is 47.9 Å². The molecule has 1 atom stereocenters. The number of nitrogens with one attached hydrogen (secondary N) is 1. The highest BCUT2D eigenvalue weighted by atomic mass is 19.1. The quantitative estimate of drug-likeness (QED) is 0.668. The van der Waals surface area contributed by atoms with Crippen molar-refractivity contribution in [3.8, 4) is 5.75 Å². The normalized spacial score (nSPS) is 12.5. The standard InChI is InChI=1S/C20H22FNO/c1-4-5-17-18-12-15(21)8-11-19(18)22-20(17)13(2)14-6-9-16(23-3)10-7-14/h6-13,22H,4-5H2,1-3H3. The Morgan fingerprint density at radius 2 is 1.87 bits per heavy atom. The zero-order chi connectivity index (χ0) is 16.4. The Labute approximate surface area is 136 Å². The van der Waals surface area contributed by atoms with Gasteiger partial charge in [0.05, 0.1) is 7.11 Å². The summed E-state index contributed by atoms with van der Waals surface area (Å²) < 4.78 is 18.9. The van der Waals surface area contributed by atoms with Crippen LogP contribution >= 0.6 is 0 Å². The van der Waals surface area contributed by atoms with E-state index in [4.69, 9.17) is 4.74 Å². The molecule has 1 heterocycles. The summed E-state index contributed by atoms with van der Waals surface area (Å²) in [6.07, 6.45) is 1.98. The SMILES string of the molecule is CCCc1c(C(C)c2ccc(OC)cc2)[nH]c2ccc(F)cc12. The summed E-state index contributed by atoms with van der Waals surface area (Å²) >= 11 is 0. The molecule has 0 radical (unpaired) electrons. The van der Waals surface area contributed by atoms with Gasteiger partial charge in [0, 0.05) is 22.5 Å². The van der Waals surface area contributed by atoms with Gasteiger partial charge in [-0.25, -0.2) is 4.39 Å². The fourth-order valence-electron chi connectivity index (χ4n) is 3.19. The molecule has 3 rings (SSSR count). The summed E-state index contributed by atoms with van der Waals surface area (Å²) in [5, 5.41) is 1.00. The Morgan fingerprint density at radius 3 is 2.52 bits per heavy atom. The van der Waals surface area contributed by atoms with E-state index in [2.05, 4.69) is 31.0 Å². The number of fused-ring (bicyclic) bond motifs is 1. The van der Waals surface area contributed by atoms with Gasteiger partial charge in [0.25, 0.3) is 0 Å². The number of rotatable bonds is 5. The van der Waals surface area contributed by atoms with Gasteiger partial charge in [-0.15, -0.1) is 0 Å².